The van der Waals surface area contributed by atoms with E-state index in [9.17, 15) is 18.5 Å². The Morgan fingerprint density at radius 3 is 2.30 bits per heavy atom. The Balaban J connectivity index is 3.20. The van der Waals surface area contributed by atoms with E-state index in [4.69, 9.17) is 0 Å². The zero-order valence-corrected chi connectivity index (χ0v) is 5.10. The Hall–Kier alpha value is -1.00. The van der Waals surface area contributed by atoms with Crippen LogP contribution in [0.5, 0.6) is 0 Å². The van der Waals surface area contributed by atoms with Crippen molar-refractivity contribution in [2.24, 2.45) is 0 Å². The maximum atomic E-state index is 11.4. The van der Waals surface area contributed by atoms with Crippen LogP contribution in [0, 0.1) is 0 Å². The van der Waals surface area contributed by atoms with Crippen molar-refractivity contribution in [2.45, 2.75) is 19.3 Å². The van der Waals surface area contributed by atoms with Crippen molar-refractivity contribution in [1.82, 2.24) is 0 Å². The van der Waals surface area contributed by atoms with Gasteiger partial charge >= 0.3 is 12.0 Å². The van der Waals surface area contributed by atoms with Crippen LogP contribution < -0.4 is 0 Å². The third kappa shape index (κ3) is 5.14. The first-order valence-corrected chi connectivity index (χ1v) is 2.66. The highest BCUT2D eigenvalue weighted by atomic mass is 19.3. The molecule has 0 saturated heterocycles. The van der Waals surface area contributed by atoms with Gasteiger partial charge in [-0.1, -0.05) is 0 Å². The van der Waals surface area contributed by atoms with Crippen molar-refractivity contribution in [3.05, 3.63) is 0 Å². The van der Waals surface area contributed by atoms with E-state index in [1.165, 1.54) is 0 Å². The minimum atomic E-state index is -1.51. The van der Waals surface area contributed by atoms with Crippen LogP contribution in [-0.2, 0) is 14.5 Å². The first-order chi connectivity index (χ1) is 4.66. The molecule has 0 aliphatic rings. The molecule has 3 nitrogen and oxygen atoms in total. The van der Waals surface area contributed by atoms with Crippen LogP contribution in [0.15, 0.2) is 0 Å². The molecule has 0 aromatic heterocycles. The highest BCUT2D eigenvalue weighted by Crippen LogP contribution is 1.98. The Morgan fingerprint density at radius 1 is 1.30 bits per heavy atom. The Kier molecular flexibility index (Phi) is 4.36. The van der Waals surface area contributed by atoms with Gasteiger partial charge < -0.3 is 0 Å². The molecule has 0 amide bonds. The molecule has 0 rings (SSSR count). The van der Waals surface area contributed by atoms with Gasteiger partial charge in [0.05, 0.1) is 0 Å². The average molecular weight is 152 g/mol. The van der Waals surface area contributed by atoms with Crippen LogP contribution in [0.2, 0.25) is 0 Å². The molecule has 10 heavy (non-hydrogen) atoms. The van der Waals surface area contributed by atoms with E-state index in [1.807, 2.05) is 0 Å². The Labute approximate surface area is 55.9 Å². The average Bonchev–Trinajstić information content (AvgIpc) is 1.87. The standard InChI is InChI=1S/C5H6F2O3/c6-4(8)2-1-3-5(9)10-7/h1-3H2. The van der Waals surface area contributed by atoms with E-state index >= 15 is 0 Å². The second-order valence-corrected chi connectivity index (χ2v) is 1.66. The summed E-state index contributed by atoms with van der Waals surface area (Å²) in [7, 11) is 0. The van der Waals surface area contributed by atoms with Gasteiger partial charge in [-0.3, -0.25) is 9.74 Å². The highest BCUT2D eigenvalue weighted by molar-refractivity contribution is 5.71. The third-order valence-corrected chi connectivity index (χ3v) is 0.840. The summed E-state index contributed by atoms with van der Waals surface area (Å²) in [6.07, 6.45) is -0.653. The number of hydrogen-bond acceptors (Lipinski definition) is 3. The van der Waals surface area contributed by atoms with Gasteiger partial charge in [-0.15, -0.1) is 0 Å². The molecule has 0 aliphatic carbocycles. The monoisotopic (exact) mass is 152 g/mol. The van der Waals surface area contributed by atoms with Gasteiger partial charge in [0.2, 0.25) is 0 Å². The van der Waals surface area contributed by atoms with Crippen molar-refractivity contribution < 1.29 is 23.4 Å². The second kappa shape index (κ2) is 4.84. The molecule has 0 aromatic carbocycles. The molecule has 0 radical (unpaired) electrons. The number of hydrogen-bond donors (Lipinski definition) is 0. The third-order valence-electron chi connectivity index (χ3n) is 0.840. The van der Waals surface area contributed by atoms with Crippen molar-refractivity contribution >= 4 is 12.0 Å². The van der Waals surface area contributed by atoms with Crippen LogP contribution in [0.25, 0.3) is 0 Å². The fraction of sp³-hybridized carbons (Fsp3) is 0.600. The van der Waals surface area contributed by atoms with Gasteiger partial charge in [0, 0.05) is 17.4 Å². The lowest BCUT2D eigenvalue weighted by Crippen LogP contribution is -1.98. The second-order valence-electron chi connectivity index (χ2n) is 1.66. The first-order valence-electron chi connectivity index (χ1n) is 2.66. The predicted molar refractivity (Wildman–Crippen MR) is 27.2 cm³/mol. The molecule has 0 aliphatic heterocycles. The molecule has 0 fully saturated rings. The molecule has 5 heteroatoms. The lowest BCUT2D eigenvalue weighted by Gasteiger charge is -1.89. The van der Waals surface area contributed by atoms with Crippen LogP contribution in [0.4, 0.5) is 8.92 Å². The summed E-state index contributed by atoms with van der Waals surface area (Å²) in [6, 6.07) is -1.51. The van der Waals surface area contributed by atoms with Gasteiger partial charge in [0.25, 0.3) is 0 Å². The van der Waals surface area contributed by atoms with Gasteiger partial charge in [-0.2, -0.15) is 4.39 Å². The summed E-state index contributed by atoms with van der Waals surface area (Å²) in [4.78, 5) is 22.3. The van der Waals surface area contributed by atoms with Crippen molar-refractivity contribution in [1.29, 1.82) is 0 Å². The fourth-order valence-corrected chi connectivity index (χ4v) is 0.410. The van der Waals surface area contributed by atoms with E-state index in [0.29, 0.717) is 0 Å². The fourth-order valence-electron chi connectivity index (χ4n) is 0.410. The Bertz CT molecular complexity index is 135. The van der Waals surface area contributed by atoms with Gasteiger partial charge in [-0.05, 0) is 6.42 Å². The van der Waals surface area contributed by atoms with Crippen LogP contribution in [0.3, 0.4) is 0 Å². The Morgan fingerprint density at radius 2 is 1.90 bits per heavy atom. The lowest BCUT2D eigenvalue weighted by molar-refractivity contribution is -0.183. The molecule has 0 N–H and O–H groups in total. The molecule has 0 bridgehead atoms. The molecule has 0 spiro atoms. The molecule has 0 aromatic rings. The molecule has 58 valence electrons. The molecule has 0 saturated carbocycles. The van der Waals surface area contributed by atoms with E-state index < -0.39 is 12.0 Å². The van der Waals surface area contributed by atoms with Crippen LogP contribution in [0.1, 0.15) is 19.3 Å². The largest absolute Gasteiger partial charge is 0.348 e. The number of halogens is 2. The summed E-state index contributed by atoms with van der Waals surface area (Å²) in [5.41, 5.74) is 0. The molecule has 0 heterocycles. The summed E-state index contributed by atoms with van der Waals surface area (Å²) in [6.45, 7) is 0. The van der Waals surface area contributed by atoms with Crippen LogP contribution in [-0.4, -0.2) is 12.0 Å². The molecular weight excluding hydrogens is 146 g/mol. The highest BCUT2D eigenvalue weighted by Gasteiger charge is 2.04. The smallest absolute Gasteiger partial charge is 0.261 e. The summed E-state index contributed by atoms with van der Waals surface area (Å²) < 4.78 is 22.3. The maximum Gasteiger partial charge on any atom is 0.348 e. The first kappa shape index (κ1) is 9.00. The van der Waals surface area contributed by atoms with Crippen LogP contribution >= 0.6 is 0 Å². The van der Waals surface area contributed by atoms with E-state index in [0.717, 1.165) is 0 Å². The van der Waals surface area contributed by atoms with E-state index in [1.54, 1.807) is 0 Å². The van der Waals surface area contributed by atoms with Crippen molar-refractivity contribution in [2.75, 3.05) is 0 Å². The normalized spacial score (nSPS) is 9.00. The van der Waals surface area contributed by atoms with Gasteiger partial charge in [0.15, 0.2) is 0 Å². The maximum absolute atomic E-state index is 11.4. The van der Waals surface area contributed by atoms with E-state index in [-0.39, 0.29) is 19.3 Å². The molecule has 0 atom stereocenters. The molecule has 0 unspecified atom stereocenters. The zero-order valence-electron chi connectivity index (χ0n) is 5.10. The number of carbonyl (C=O) groups is 2. The minimum Gasteiger partial charge on any atom is -0.261 e. The number of carbonyl (C=O) groups excluding carboxylic acids is 2. The van der Waals surface area contributed by atoms with Crippen molar-refractivity contribution in [3.63, 3.8) is 0 Å². The number of rotatable bonds is 4. The minimum absolute atomic E-state index is 0.0158. The van der Waals surface area contributed by atoms with E-state index in [2.05, 4.69) is 4.94 Å². The predicted octanol–water partition coefficient (Wildman–Crippen LogP) is 1.08. The lowest BCUT2D eigenvalue weighted by atomic mass is 10.2. The summed E-state index contributed by atoms with van der Waals surface area (Å²) in [5, 5.41) is 0. The van der Waals surface area contributed by atoms with Crippen molar-refractivity contribution in [3.8, 4) is 0 Å². The summed E-state index contributed by atoms with van der Waals surface area (Å²) >= 11 is 0. The SMILES string of the molecule is O=C(F)CCCC(=O)OF. The summed E-state index contributed by atoms with van der Waals surface area (Å²) in [5.74, 6) is -1.08. The molecular formula is C5H6F2O3. The van der Waals surface area contributed by atoms with Gasteiger partial charge in [0.1, 0.15) is 0 Å². The topological polar surface area (TPSA) is 43.4 Å². The zero-order chi connectivity index (χ0) is 7.98. The van der Waals surface area contributed by atoms with Gasteiger partial charge in [-0.25, -0.2) is 4.79 Å². The quantitative estimate of drug-likeness (QED) is 0.566.